The Bertz CT molecular complexity index is 179. The maximum atomic E-state index is 11.1. The van der Waals surface area contributed by atoms with Gasteiger partial charge in [0.2, 0.25) is 0 Å². The van der Waals surface area contributed by atoms with Crippen LogP contribution in [0.4, 0.5) is 0 Å². The summed E-state index contributed by atoms with van der Waals surface area (Å²) >= 11 is 0. The SMILES string of the molecule is CCC(CC1CCOC1O)C(C)=O. The Morgan fingerprint density at radius 1 is 1.69 bits per heavy atom. The summed E-state index contributed by atoms with van der Waals surface area (Å²) < 4.78 is 5.03. The second-order valence-corrected chi connectivity index (χ2v) is 3.76. The highest BCUT2D eigenvalue weighted by Gasteiger charge is 2.29. The molecule has 76 valence electrons. The van der Waals surface area contributed by atoms with Gasteiger partial charge in [-0.05, 0) is 26.2 Å². The lowest BCUT2D eigenvalue weighted by Gasteiger charge is -2.17. The zero-order chi connectivity index (χ0) is 9.84. The van der Waals surface area contributed by atoms with Crippen LogP contribution >= 0.6 is 0 Å². The number of hydrogen-bond donors (Lipinski definition) is 1. The van der Waals surface area contributed by atoms with Gasteiger partial charge < -0.3 is 9.84 Å². The van der Waals surface area contributed by atoms with Crippen LogP contribution in [0.25, 0.3) is 0 Å². The van der Waals surface area contributed by atoms with Crippen LogP contribution in [-0.4, -0.2) is 23.8 Å². The third-order valence-electron chi connectivity index (χ3n) is 2.84. The van der Waals surface area contributed by atoms with Crippen molar-refractivity contribution in [2.24, 2.45) is 11.8 Å². The molecule has 3 nitrogen and oxygen atoms in total. The number of hydrogen-bond acceptors (Lipinski definition) is 3. The molecule has 1 heterocycles. The zero-order valence-corrected chi connectivity index (χ0v) is 8.32. The van der Waals surface area contributed by atoms with E-state index in [1.54, 1.807) is 6.92 Å². The summed E-state index contributed by atoms with van der Waals surface area (Å²) in [6, 6.07) is 0. The summed E-state index contributed by atoms with van der Waals surface area (Å²) in [6.07, 6.45) is 1.87. The van der Waals surface area contributed by atoms with E-state index in [-0.39, 0.29) is 17.6 Å². The summed E-state index contributed by atoms with van der Waals surface area (Å²) in [7, 11) is 0. The smallest absolute Gasteiger partial charge is 0.157 e. The molecule has 13 heavy (non-hydrogen) atoms. The molecule has 0 amide bonds. The van der Waals surface area contributed by atoms with Gasteiger partial charge in [0.25, 0.3) is 0 Å². The van der Waals surface area contributed by atoms with E-state index in [0.29, 0.717) is 6.61 Å². The second kappa shape index (κ2) is 4.72. The Balaban J connectivity index is 2.41. The van der Waals surface area contributed by atoms with Crippen molar-refractivity contribution in [3.05, 3.63) is 0 Å². The molecule has 1 aliphatic rings. The predicted octanol–water partition coefficient (Wildman–Crippen LogP) is 1.35. The summed E-state index contributed by atoms with van der Waals surface area (Å²) in [6.45, 7) is 4.25. The summed E-state index contributed by atoms with van der Waals surface area (Å²) in [4.78, 5) is 11.1. The lowest BCUT2D eigenvalue weighted by Crippen LogP contribution is -2.21. The molecular weight excluding hydrogens is 168 g/mol. The van der Waals surface area contributed by atoms with E-state index in [9.17, 15) is 9.90 Å². The molecule has 3 unspecified atom stereocenters. The topological polar surface area (TPSA) is 46.5 Å². The van der Waals surface area contributed by atoms with Gasteiger partial charge in [-0.3, -0.25) is 4.79 Å². The van der Waals surface area contributed by atoms with Crippen LogP contribution in [0, 0.1) is 11.8 Å². The minimum absolute atomic E-state index is 0.0985. The molecule has 0 aliphatic carbocycles. The van der Waals surface area contributed by atoms with E-state index in [2.05, 4.69) is 0 Å². The molecule has 3 atom stereocenters. The number of carbonyl (C=O) groups excluding carboxylic acids is 1. The third kappa shape index (κ3) is 2.78. The minimum Gasteiger partial charge on any atom is -0.368 e. The van der Waals surface area contributed by atoms with Crippen molar-refractivity contribution in [3.8, 4) is 0 Å². The van der Waals surface area contributed by atoms with Crippen LogP contribution in [-0.2, 0) is 9.53 Å². The van der Waals surface area contributed by atoms with Gasteiger partial charge in [-0.1, -0.05) is 6.92 Å². The van der Waals surface area contributed by atoms with Crippen LogP contribution in [0.15, 0.2) is 0 Å². The van der Waals surface area contributed by atoms with E-state index >= 15 is 0 Å². The number of ether oxygens (including phenoxy) is 1. The molecule has 0 aromatic heterocycles. The van der Waals surface area contributed by atoms with Crippen LogP contribution in [0.2, 0.25) is 0 Å². The fourth-order valence-electron chi connectivity index (χ4n) is 1.84. The molecule has 0 aromatic carbocycles. The molecule has 0 saturated carbocycles. The molecule has 1 saturated heterocycles. The monoisotopic (exact) mass is 186 g/mol. The lowest BCUT2D eigenvalue weighted by molar-refractivity contribution is -0.123. The number of aliphatic hydroxyl groups excluding tert-OH is 1. The molecule has 1 rings (SSSR count). The van der Waals surface area contributed by atoms with Gasteiger partial charge in [0.05, 0.1) is 6.61 Å². The van der Waals surface area contributed by atoms with Crippen LogP contribution < -0.4 is 0 Å². The van der Waals surface area contributed by atoms with Crippen molar-refractivity contribution >= 4 is 5.78 Å². The van der Waals surface area contributed by atoms with Crippen LogP contribution in [0.1, 0.15) is 33.1 Å². The van der Waals surface area contributed by atoms with Crippen LogP contribution in [0.3, 0.4) is 0 Å². The number of rotatable bonds is 4. The third-order valence-corrected chi connectivity index (χ3v) is 2.84. The number of carbonyl (C=O) groups is 1. The second-order valence-electron chi connectivity index (χ2n) is 3.76. The average molecular weight is 186 g/mol. The van der Waals surface area contributed by atoms with Gasteiger partial charge >= 0.3 is 0 Å². The van der Waals surface area contributed by atoms with Crippen molar-refractivity contribution < 1.29 is 14.6 Å². The Hall–Kier alpha value is -0.410. The first-order valence-corrected chi connectivity index (χ1v) is 4.95. The van der Waals surface area contributed by atoms with Crippen molar-refractivity contribution in [2.45, 2.75) is 39.4 Å². The first-order valence-electron chi connectivity index (χ1n) is 4.95. The number of aliphatic hydroxyl groups is 1. The Labute approximate surface area is 79.1 Å². The highest BCUT2D eigenvalue weighted by Crippen LogP contribution is 2.27. The van der Waals surface area contributed by atoms with E-state index in [1.807, 2.05) is 6.92 Å². The van der Waals surface area contributed by atoms with Gasteiger partial charge in [0, 0.05) is 11.8 Å². The summed E-state index contributed by atoms with van der Waals surface area (Å²) in [5.74, 6) is 0.483. The van der Waals surface area contributed by atoms with Crippen LogP contribution in [0.5, 0.6) is 0 Å². The highest BCUT2D eigenvalue weighted by molar-refractivity contribution is 5.78. The normalized spacial score (nSPS) is 30.4. The Morgan fingerprint density at radius 3 is 2.77 bits per heavy atom. The minimum atomic E-state index is -0.645. The van der Waals surface area contributed by atoms with Gasteiger partial charge in [-0.15, -0.1) is 0 Å². The number of Topliss-reactive ketones (excluding diaryl/α,β-unsaturated/α-hetero) is 1. The largest absolute Gasteiger partial charge is 0.368 e. The molecule has 3 heteroatoms. The Morgan fingerprint density at radius 2 is 2.38 bits per heavy atom. The number of ketones is 1. The van der Waals surface area contributed by atoms with Crippen molar-refractivity contribution in [1.82, 2.24) is 0 Å². The van der Waals surface area contributed by atoms with E-state index in [4.69, 9.17) is 4.74 Å². The standard InChI is InChI=1S/C10H18O3/c1-3-8(7(2)11)6-9-4-5-13-10(9)12/h8-10,12H,3-6H2,1-2H3. The predicted molar refractivity (Wildman–Crippen MR) is 49.1 cm³/mol. The summed E-state index contributed by atoms with van der Waals surface area (Å²) in [5, 5.41) is 9.38. The van der Waals surface area contributed by atoms with E-state index in [0.717, 1.165) is 19.3 Å². The molecular formula is C10H18O3. The first-order chi connectivity index (χ1) is 6.15. The Kier molecular flexibility index (Phi) is 3.88. The zero-order valence-electron chi connectivity index (χ0n) is 8.32. The molecule has 1 N–H and O–H groups in total. The highest BCUT2D eigenvalue weighted by atomic mass is 16.6. The van der Waals surface area contributed by atoms with Crippen molar-refractivity contribution in [1.29, 1.82) is 0 Å². The quantitative estimate of drug-likeness (QED) is 0.720. The molecule has 0 radical (unpaired) electrons. The van der Waals surface area contributed by atoms with Gasteiger partial charge in [-0.2, -0.15) is 0 Å². The van der Waals surface area contributed by atoms with Crippen molar-refractivity contribution in [2.75, 3.05) is 6.61 Å². The fraction of sp³-hybridized carbons (Fsp3) is 0.900. The maximum Gasteiger partial charge on any atom is 0.157 e. The van der Waals surface area contributed by atoms with Crippen molar-refractivity contribution in [3.63, 3.8) is 0 Å². The van der Waals surface area contributed by atoms with Gasteiger partial charge in [0.1, 0.15) is 5.78 Å². The van der Waals surface area contributed by atoms with E-state index < -0.39 is 6.29 Å². The maximum absolute atomic E-state index is 11.1. The van der Waals surface area contributed by atoms with Gasteiger partial charge in [0.15, 0.2) is 6.29 Å². The molecule has 0 spiro atoms. The molecule has 1 fully saturated rings. The molecule has 0 bridgehead atoms. The van der Waals surface area contributed by atoms with E-state index in [1.165, 1.54) is 0 Å². The summed E-state index contributed by atoms with van der Waals surface area (Å²) in [5.41, 5.74) is 0. The molecule has 0 aromatic rings. The lowest BCUT2D eigenvalue weighted by atomic mass is 9.89. The fourth-order valence-corrected chi connectivity index (χ4v) is 1.84. The molecule has 1 aliphatic heterocycles. The van der Waals surface area contributed by atoms with Gasteiger partial charge in [-0.25, -0.2) is 0 Å². The average Bonchev–Trinajstić information content (AvgIpc) is 2.46. The first kappa shape index (κ1) is 10.7.